The summed E-state index contributed by atoms with van der Waals surface area (Å²) in [6.07, 6.45) is 3.06. The van der Waals surface area contributed by atoms with Crippen LogP contribution in [0.1, 0.15) is 11.1 Å². The van der Waals surface area contributed by atoms with E-state index in [4.69, 9.17) is 10.00 Å². The number of carbonyl (C=O) groups is 2. The molecule has 2 amide bonds. The minimum atomic E-state index is -0.280. The molecule has 1 aliphatic rings. The van der Waals surface area contributed by atoms with Gasteiger partial charge in [0.25, 0.3) is 0 Å². The summed E-state index contributed by atoms with van der Waals surface area (Å²) in [5.41, 5.74) is 3.15. The number of hydrogen-bond donors (Lipinski definition) is 1. The molecule has 1 heterocycles. The van der Waals surface area contributed by atoms with Gasteiger partial charge < -0.3 is 19.9 Å². The Morgan fingerprint density at radius 3 is 2.43 bits per heavy atom. The third-order valence-corrected chi connectivity index (χ3v) is 4.74. The van der Waals surface area contributed by atoms with Gasteiger partial charge in [-0.3, -0.25) is 9.59 Å². The Morgan fingerprint density at radius 2 is 1.80 bits per heavy atom. The molecule has 30 heavy (non-hydrogen) atoms. The first-order valence-corrected chi connectivity index (χ1v) is 9.71. The molecular weight excluding hydrogens is 380 g/mol. The number of likely N-dealkylation sites (N-methyl/N-ethyl adjacent to an activating group) is 1. The summed E-state index contributed by atoms with van der Waals surface area (Å²) in [5.74, 6) is -0.547. The normalized spacial score (nSPS) is 13.7. The molecule has 0 atom stereocenters. The van der Waals surface area contributed by atoms with Gasteiger partial charge in [0.05, 0.1) is 31.4 Å². The first kappa shape index (κ1) is 21.1. The number of amides is 2. The van der Waals surface area contributed by atoms with Crippen LogP contribution in [0, 0.1) is 11.3 Å². The molecule has 3 rings (SSSR count). The van der Waals surface area contributed by atoms with Crippen molar-refractivity contribution in [3.63, 3.8) is 0 Å². The molecule has 0 saturated carbocycles. The molecule has 1 aliphatic heterocycles. The van der Waals surface area contributed by atoms with Crippen LogP contribution in [0.25, 0.3) is 6.08 Å². The fourth-order valence-electron chi connectivity index (χ4n) is 3.03. The average molecular weight is 404 g/mol. The number of nitriles is 1. The zero-order valence-electron chi connectivity index (χ0n) is 16.9. The van der Waals surface area contributed by atoms with Crippen molar-refractivity contribution in [1.82, 2.24) is 4.90 Å². The van der Waals surface area contributed by atoms with Gasteiger partial charge >= 0.3 is 0 Å². The first-order valence-electron chi connectivity index (χ1n) is 9.71. The number of morpholine rings is 1. The molecule has 0 spiro atoms. The van der Waals surface area contributed by atoms with Crippen molar-refractivity contribution in [1.29, 1.82) is 5.26 Å². The van der Waals surface area contributed by atoms with Gasteiger partial charge in [0.1, 0.15) is 0 Å². The van der Waals surface area contributed by atoms with E-state index in [1.54, 1.807) is 37.4 Å². The number of hydrogen-bond acceptors (Lipinski definition) is 5. The minimum Gasteiger partial charge on any atom is -0.378 e. The highest BCUT2D eigenvalue weighted by molar-refractivity contribution is 5.98. The van der Waals surface area contributed by atoms with E-state index in [0.29, 0.717) is 11.3 Å². The zero-order chi connectivity index (χ0) is 21.3. The highest BCUT2D eigenvalue weighted by Gasteiger charge is 2.13. The maximum atomic E-state index is 12.3. The molecule has 2 aromatic rings. The average Bonchev–Trinajstić information content (AvgIpc) is 2.78. The van der Waals surface area contributed by atoms with Gasteiger partial charge in [0.15, 0.2) is 0 Å². The highest BCUT2D eigenvalue weighted by Crippen LogP contribution is 2.19. The van der Waals surface area contributed by atoms with Crippen molar-refractivity contribution < 1.29 is 14.3 Å². The largest absolute Gasteiger partial charge is 0.378 e. The van der Waals surface area contributed by atoms with Crippen LogP contribution in [-0.4, -0.2) is 56.6 Å². The van der Waals surface area contributed by atoms with Crippen LogP contribution in [-0.2, 0) is 14.3 Å². The molecule has 7 nitrogen and oxygen atoms in total. The Hall–Kier alpha value is -3.63. The van der Waals surface area contributed by atoms with E-state index in [2.05, 4.69) is 10.2 Å². The predicted octanol–water partition coefficient (Wildman–Crippen LogP) is 2.51. The van der Waals surface area contributed by atoms with Crippen LogP contribution in [0.5, 0.6) is 0 Å². The molecular formula is C23H24N4O3. The van der Waals surface area contributed by atoms with Crippen LogP contribution in [0.4, 0.5) is 11.4 Å². The number of nitrogens with one attached hydrogen (secondary N) is 1. The lowest BCUT2D eigenvalue weighted by molar-refractivity contribution is -0.129. The van der Waals surface area contributed by atoms with Crippen molar-refractivity contribution in [3.8, 4) is 6.07 Å². The van der Waals surface area contributed by atoms with E-state index in [-0.39, 0.29) is 18.4 Å². The second kappa shape index (κ2) is 10.2. The van der Waals surface area contributed by atoms with Crippen molar-refractivity contribution in [2.24, 2.45) is 0 Å². The van der Waals surface area contributed by atoms with Crippen LogP contribution >= 0.6 is 0 Å². The molecule has 0 bridgehead atoms. The summed E-state index contributed by atoms with van der Waals surface area (Å²) >= 11 is 0. The van der Waals surface area contributed by atoms with Crippen molar-refractivity contribution in [2.45, 2.75) is 0 Å². The summed E-state index contributed by atoms with van der Waals surface area (Å²) < 4.78 is 5.36. The van der Waals surface area contributed by atoms with Gasteiger partial charge in [-0.2, -0.15) is 5.26 Å². The molecule has 0 radical (unpaired) electrons. The van der Waals surface area contributed by atoms with E-state index in [0.717, 1.165) is 37.6 Å². The number of nitrogens with zero attached hydrogens (tertiary/aromatic N) is 3. The van der Waals surface area contributed by atoms with Gasteiger partial charge in [-0.15, -0.1) is 0 Å². The van der Waals surface area contributed by atoms with Gasteiger partial charge in [-0.25, -0.2) is 0 Å². The second-order valence-corrected chi connectivity index (χ2v) is 6.96. The van der Waals surface area contributed by atoms with Crippen LogP contribution < -0.4 is 10.2 Å². The lowest BCUT2D eigenvalue weighted by Gasteiger charge is -2.28. The van der Waals surface area contributed by atoms with E-state index < -0.39 is 0 Å². The molecule has 7 heteroatoms. The number of anilines is 2. The Labute approximate surface area is 176 Å². The van der Waals surface area contributed by atoms with Crippen molar-refractivity contribution >= 4 is 29.3 Å². The summed E-state index contributed by atoms with van der Waals surface area (Å²) in [5, 5.41) is 11.6. The van der Waals surface area contributed by atoms with Crippen molar-refractivity contribution in [2.75, 3.05) is 50.1 Å². The van der Waals surface area contributed by atoms with E-state index in [1.165, 1.54) is 11.0 Å². The van der Waals surface area contributed by atoms with E-state index >= 15 is 0 Å². The first-order chi connectivity index (χ1) is 14.5. The standard InChI is InChI=1S/C23H24N4O3/c1-26(23(29)11-6-18-2-4-19(16-24)5-3-18)17-22(28)25-20-7-9-21(10-8-20)27-12-14-30-15-13-27/h2-11H,12-15,17H2,1H3,(H,25,28)/b11-6+. The molecule has 154 valence electrons. The Balaban J connectivity index is 1.49. The molecule has 0 aromatic heterocycles. The van der Waals surface area contributed by atoms with Gasteiger partial charge in [-0.1, -0.05) is 12.1 Å². The fourth-order valence-corrected chi connectivity index (χ4v) is 3.03. The predicted molar refractivity (Wildman–Crippen MR) is 116 cm³/mol. The van der Waals surface area contributed by atoms with Gasteiger partial charge in [-0.05, 0) is 48.0 Å². The molecule has 1 fully saturated rings. The number of benzene rings is 2. The fraction of sp³-hybridized carbons (Fsp3) is 0.261. The Morgan fingerprint density at radius 1 is 1.13 bits per heavy atom. The maximum Gasteiger partial charge on any atom is 0.246 e. The van der Waals surface area contributed by atoms with Crippen molar-refractivity contribution in [3.05, 3.63) is 65.7 Å². The molecule has 1 saturated heterocycles. The monoisotopic (exact) mass is 404 g/mol. The number of carbonyl (C=O) groups excluding carboxylic acids is 2. The Kier molecular flexibility index (Phi) is 7.19. The second-order valence-electron chi connectivity index (χ2n) is 6.96. The molecule has 1 N–H and O–H groups in total. The van der Waals surface area contributed by atoms with E-state index in [9.17, 15) is 9.59 Å². The van der Waals surface area contributed by atoms with Gasteiger partial charge in [0.2, 0.25) is 11.8 Å². The van der Waals surface area contributed by atoms with Crippen LogP contribution in [0.3, 0.4) is 0 Å². The molecule has 2 aromatic carbocycles. The lowest BCUT2D eigenvalue weighted by Crippen LogP contribution is -2.36. The minimum absolute atomic E-state index is 0.0538. The van der Waals surface area contributed by atoms with E-state index in [1.807, 2.05) is 30.3 Å². The van der Waals surface area contributed by atoms with Crippen LogP contribution in [0.2, 0.25) is 0 Å². The number of ether oxygens (including phenoxy) is 1. The summed E-state index contributed by atoms with van der Waals surface area (Å²) in [7, 11) is 1.58. The summed E-state index contributed by atoms with van der Waals surface area (Å²) in [6, 6.07) is 16.6. The smallest absolute Gasteiger partial charge is 0.246 e. The third kappa shape index (κ3) is 5.93. The topological polar surface area (TPSA) is 85.7 Å². The number of rotatable bonds is 6. The quantitative estimate of drug-likeness (QED) is 0.748. The maximum absolute atomic E-state index is 12.3. The van der Waals surface area contributed by atoms with Gasteiger partial charge in [0, 0.05) is 37.6 Å². The summed E-state index contributed by atoms with van der Waals surface area (Å²) in [4.78, 5) is 28.1. The SMILES string of the molecule is CN(CC(=O)Nc1ccc(N2CCOCC2)cc1)C(=O)/C=C/c1ccc(C#N)cc1. The zero-order valence-corrected chi connectivity index (χ0v) is 16.9. The summed E-state index contributed by atoms with van der Waals surface area (Å²) in [6.45, 7) is 3.10. The highest BCUT2D eigenvalue weighted by atomic mass is 16.5. The third-order valence-electron chi connectivity index (χ3n) is 4.74. The van der Waals surface area contributed by atoms with Crippen LogP contribution in [0.15, 0.2) is 54.6 Å². The molecule has 0 aliphatic carbocycles. The Bertz CT molecular complexity index is 940. The lowest BCUT2D eigenvalue weighted by atomic mass is 10.1. The molecule has 0 unspecified atom stereocenters.